The van der Waals surface area contributed by atoms with Crippen molar-refractivity contribution < 1.29 is 13.2 Å². The molecule has 2 aliphatic heterocycles. The molecule has 1 saturated heterocycles. The molecule has 9 nitrogen and oxygen atoms in total. The molecular weight excluding hydrogens is 507 g/mol. The van der Waals surface area contributed by atoms with E-state index in [0.717, 1.165) is 60.2 Å². The number of aromatic amines is 1. The Morgan fingerprint density at radius 3 is 2.64 bits per heavy atom. The lowest BCUT2D eigenvalue weighted by atomic mass is 10.0. The van der Waals surface area contributed by atoms with Gasteiger partial charge in [-0.3, -0.25) is 9.67 Å². The van der Waals surface area contributed by atoms with Gasteiger partial charge in [0.1, 0.15) is 11.5 Å². The third-order valence-corrected chi connectivity index (χ3v) is 7.36. The maximum Gasteiger partial charge on any atom is 0.418 e. The summed E-state index contributed by atoms with van der Waals surface area (Å²) in [4.78, 5) is 17.1. The van der Waals surface area contributed by atoms with E-state index in [0.29, 0.717) is 23.8 Å². The van der Waals surface area contributed by atoms with Gasteiger partial charge in [-0.05, 0) is 44.3 Å². The van der Waals surface area contributed by atoms with Crippen molar-refractivity contribution in [1.82, 2.24) is 34.9 Å². The molecule has 0 radical (unpaired) electrons. The van der Waals surface area contributed by atoms with Crippen molar-refractivity contribution in [2.75, 3.05) is 50.0 Å². The number of aryl methyl sites for hydroxylation is 1. The predicted molar refractivity (Wildman–Crippen MR) is 145 cm³/mol. The Balaban J connectivity index is 1.39. The zero-order valence-electron chi connectivity index (χ0n) is 22.0. The topological polar surface area (TPSA) is 89.9 Å². The van der Waals surface area contributed by atoms with Crippen LogP contribution in [-0.2, 0) is 13.2 Å². The Bertz CT molecular complexity index is 1540. The number of pyridine rings is 1. The lowest BCUT2D eigenvalue weighted by molar-refractivity contribution is -0.138. The molecule has 0 aliphatic carbocycles. The Labute approximate surface area is 223 Å². The van der Waals surface area contributed by atoms with E-state index in [2.05, 4.69) is 54.7 Å². The van der Waals surface area contributed by atoms with Gasteiger partial charge in [-0.25, -0.2) is 4.98 Å². The number of alkyl halides is 3. The van der Waals surface area contributed by atoms with E-state index in [9.17, 15) is 13.2 Å². The second kappa shape index (κ2) is 9.60. The highest BCUT2D eigenvalue weighted by Crippen LogP contribution is 2.37. The quantitative estimate of drug-likeness (QED) is 0.353. The van der Waals surface area contributed by atoms with Gasteiger partial charge in [-0.2, -0.15) is 18.3 Å². The number of hydrogen-bond acceptors (Lipinski definition) is 7. The monoisotopic (exact) mass is 537 g/mol. The number of nitrogens with zero attached hydrogens (tertiary/aromatic N) is 6. The number of hydrogen-bond donors (Lipinski definition) is 3. The summed E-state index contributed by atoms with van der Waals surface area (Å²) in [5, 5.41) is 11.3. The van der Waals surface area contributed by atoms with Crippen LogP contribution in [-0.4, -0.2) is 69.4 Å². The van der Waals surface area contributed by atoms with Gasteiger partial charge in [0, 0.05) is 63.4 Å². The van der Waals surface area contributed by atoms with Crippen molar-refractivity contribution in [2.45, 2.75) is 19.1 Å². The Morgan fingerprint density at radius 1 is 1.08 bits per heavy atom. The van der Waals surface area contributed by atoms with Crippen molar-refractivity contribution in [1.29, 1.82) is 0 Å². The summed E-state index contributed by atoms with van der Waals surface area (Å²) in [6, 6.07) is 7.82. The number of nitrogens with one attached hydrogen (secondary N) is 3. The highest BCUT2D eigenvalue weighted by atomic mass is 19.4. The standard InChI is InChI=1S/C27H30F3N9/c1-16(23-19(27(28,29)30)5-4-8-31-23)33-24-18(14-32-22-15-38(3)36-25(22)24)26-34-20-7-6-17(13-21(20)35-26)39-11-9-37(2)10-12-39/h4-8,13,15-16,32-33H,9-12,14H2,1-3H3,(H,34,35)/t16-/m1/s1. The fourth-order valence-corrected chi connectivity index (χ4v) is 5.26. The molecule has 1 aromatic carbocycles. The van der Waals surface area contributed by atoms with Crippen LogP contribution in [0.15, 0.2) is 42.7 Å². The number of aromatic nitrogens is 5. The highest BCUT2D eigenvalue weighted by molar-refractivity contribution is 5.96. The number of piperazine rings is 1. The molecule has 39 heavy (non-hydrogen) atoms. The summed E-state index contributed by atoms with van der Waals surface area (Å²) >= 11 is 0. The lowest BCUT2D eigenvalue weighted by Crippen LogP contribution is -2.44. The maximum atomic E-state index is 13.7. The van der Waals surface area contributed by atoms with Crippen LogP contribution in [0, 0.1) is 0 Å². The van der Waals surface area contributed by atoms with Gasteiger partial charge in [0.15, 0.2) is 0 Å². The minimum atomic E-state index is -4.51. The molecule has 2 aliphatic rings. The van der Waals surface area contributed by atoms with Crippen LogP contribution < -0.4 is 15.5 Å². The first-order valence-electron chi connectivity index (χ1n) is 12.9. The largest absolute Gasteiger partial charge is 0.418 e. The SMILES string of the molecule is C[C@@H](NC1=C(c2nc3ccc(N4CCN(C)CC4)cc3[nH]2)CNc2cn(C)nc21)c1ncccc1C(F)(F)F. The van der Waals surface area contributed by atoms with Crippen molar-refractivity contribution in [3.63, 3.8) is 0 Å². The average molecular weight is 538 g/mol. The lowest BCUT2D eigenvalue weighted by Gasteiger charge is -2.34. The molecule has 12 heteroatoms. The zero-order valence-corrected chi connectivity index (χ0v) is 22.0. The van der Waals surface area contributed by atoms with Crippen LogP contribution in [0.3, 0.4) is 0 Å². The van der Waals surface area contributed by atoms with E-state index in [4.69, 9.17) is 4.98 Å². The smallest absolute Gasteiger partial charge is 0.378 e. The van der Waals surface area contributed by atoms with Gasteiger partial charge in [0.25, 0.3) is 0 Å². The second-order valence-corrected chi connectivity index (χ2v) is 10.1. The second-order valence-electron chi connectivity index (χ2n) is 10.1. The van der Waals surface area contributed by atoms with Crippen molar-refractivity contribution >= 4 is 33.7 Å². The normalized spacial score (nSPS) is 17.3. The van der Waals surface area contributed by atoms with E-state index in [1.807, 2.05) is 19.3 Å². The summed E-state index contributed by atoms with van der Waals surface area (Å²) in [7, 11) is 3.94. The van der Waals surface area contributed by atoms with Crippen molar-refractivity contribution in [2.24, 2.45) is 7.05 Å². The first kappa shape index (κ1) is 25.2. The van der Waals surface area contributed by atoms with E-state index in [1.54, 1.807) is 11.6 Å². The first-order chi connectivity index (χ1) is 18.7. The van der Waals surface area contributed by atoms with Gasteiger partial charge < -0.3 is 25.4 Å². The summed E-state index contributed by atoms with van der Waals surface area (Å²) < 4.78 is 42.9. The molecule has 0 saturated carbocycles. The summed E-state index contributed by atoms with van der Waals surface area (Å²) in [5.41, 5.74) is 4.84. The molecule has 0 amide bonds. The van der Waals surface area contributed by atoms with Gasteiger partial charge in [-0.15, -0.1) is 0 Å². The number of fused-ring (bicyclic) bond motifs is 2. The number of likely N-dealkylation sites (N-methyl/N-ethyl adjacent to an activating group) is 1. The molecule has 5 heterocycles. The van der Waals surface area contributed by atoms with Gasteiger partial charge in [0.05, 0.1) is 39.7 Å². The zero-order chi connectivity index (χ0) is 27.3. The third-order valence-electron chi connectivity index (χ3n) is 7.36. The number of H-pyrrole nitrogens is 1. The van der Waals surface area contributed by atoms with Gasteiger partial charge >= 0.3 is 6.18 Å². The fraction of sp³-hybridized carbons (Fsp3) is 0.370. The molecule has 3 aromatic heterocycles. The van der Waals surface area contributed by atoms with Crippen LogP contribution in [0.2, 0.25) is 0 Å². The first-order valence-corrected chi connectivity index (χ1v) is 12.9. The number of anilines is 2. The molecule has 1 fully saturated rings. The minimum Gasteiger partial charge on any atom is -0.378 e. The number of rotatable bonds is 5. The predicted octanol–water partition coefficient (Wildman–Crippen LogP) is 4.11. The van der Waals surface area contributed by atoms with Crippen LogP contribution in [0.25, 0.3) is 22.3 Å². The maximum absolute atomic E-state index is 13.7. The average Bonchev–Trinajstić information content (AvgIpc) is 3.51. The molecule has 204 valence electrons. The van der Waals surface area contributed by atoms with Crippen LogP contribution >= 0.6 is 0 Å². The van der Waals surface area contributed by atoms with Crippen LogP contribution in [0.4, 0.5) is 24.5 Å². The molecule has 0 unspecified atom stereocenters. The van der Waals surface area contributed by atoms with Gasteiger partial charge in [-0.1, -0.05) is 0 Å². The fourth-order valence-electron chi connectivity index (χ4n) is 5.26. The minimum absolute atomic E-state index is 0.0747. The molecule has 4 aromatic rings. The Hall–Kier alpha value is -4.06. The van der Waals surface area contributed by atoms with Gasteiger partial charge in [0.2, 0.25) is 0 Å². The van der Waals surface area contributed by atoms with E-state index in [1.165, 1.54) is 12.3 Å². The summed E-state index contributed by atoms with van der Waals surface area (Å²) in [6.45, 7) is 6.04. The Morgan fingerprint density at radius 2 is 1.87 bits per heavy atom. The molecule has 3 N–H and O–H groups in total. The molecule has 1 atom stereocenters. The third kappa shape index (κ3) is 4.80. The van der Waals surface area contributed by atoms with Crippen molar-refractivity contribution in [3.8, 4) is 0 Å². The summed E-state index contributed by atoms with van der Waals surface area (Å²) in [6.07, 6.45) is -1.29. The van der Waals surface area contributed by atoms with Crippen LogP contribution in [0.1, 0.15) is 35.7 Å². The molecule has 0 spiro atoms. The Kier molecular flexibility index (Phi) is 6.21. The molecule has 0 bridgehead atoms. The number of benzene rings is 1. The van der Waals surface area contributed by atoms with Crippen molar-refractivity contribution in [3.05, 3.63) is 65.5 Å². The van der Waals surface area contributed by atoms with E-state index >= 15 is 0 Å². The summed E-state index contributed by atoms with van der Waals surface area (Å²) in [5.74, 6) is 0.635. The van der Waals surface area contributed by atoms with E-state index < -0.39 is 17.8 Å². The number of halogens is 3. The molecule has 6 rings (SSSR count). The van der Waals surface area contributed by atoms with Crippen LogP contribution in [0.5, 0.6) is 0 Å². The van der Waals surface area contributed by atoms with E-state index in [-0.39, 0.29) is 5.69 Å². The number of imidazole rings is 1. The molecular formula is C27H30F3N9. The highest BCUT2D eigenvalue weighted by Gasteiger charge is 2.36.